The number of aliphatic carboxylic acids is 2. The molecule has 0 fully saturated rings. The molecule has 0 aliphatic carbocycles. The van der Waals surface area contributed by atoms with E-state index in [0.717, 1.165) is 0 Å². The molecule has 382 valence electrons. The Hall–Kier alpha value is -5.99. The Balaban J connectivity index is 5.91. The van der Waals surface area contributed by atoms with Crippen LogP contribution in [0.5, 0.6) is 0 Å². The van der Waals surface area contributed by atoms with Gasteiger partial charge in [0.1, 0.15) is 54.4 Å². The minimum absolute atomic E-state index is 0.0617. The molecule has 0 saturated heterocycles. The Labute approximate surface area is 390 Å². The molecule has 0 rings (SSSR count). The van der Waals surface area contributed by atoms with Crippen molar-refractivity contribution in [3.05, 3.63) is 0 Å². The van der Waals surface area contributed by atoms with Crippen molar-refractivity contribution in [2.45, 2.75) is 173 Å². The molecule has 26 nitrogen and oxygen atoms in total. The average molecular weight is 958 g/mol. The van der Waals surface area contributed by atoms with Crippen LogP contribution >= 0.6 is 0 Å². The summed E-state index contributed by atoms with van der Waals surface area (Å²) >= 11 is 0. The fraction of sp³-hybridized carbons (Fsp3) is 0.732. The summed E-state index contributed by atoms with van der Waals surface area (Å²) in [5.41, 5.74) is 22.3. The lowest BCUT2D eigenvalue weighted by Crippen LogP contribution is -2.59. The van der Waals surface area contributed by atoms with E-state index in [1.165, 1.54) is 41.5 Å². The van der Waals surface area contributed by atoms with Gasteiger partial charge in [-0.3, -0.25) is 52.7 Å². The molecule has 10 atom stereocenters. The van der Waals surface area contributed by atoms with Gasteiger partial charge in [-0.05, 0) is 125 Å². The Kier molecular flexibility index (Phi) is 29.7. The van der Waals surface area contributed by atoms with Gasteiger partial charge in [0.2, 0.25) is 53.2 Å². The molecular weight excluding hydrogens is 883 g/mol. The predicted octanol–water partition coefficient (Wildman–Crippen LogP) is -4.87. The summed E-state index contributed by atoms with van der Waals surface area (Å²) in [4.78, 5) is 141. The number of nitrogens with one attached hydrogen (secondary N) is 9. The molecule has 0 radical (unpaired) electrons. The molecule has 0 saturated carbocycles. The van der Waals surface area contributed by atoms with Crippen molar-refractivity contribution < 1.29 is 63.0 Å². The Morgan fingerprint density at radius 2 is 0.612 bits per heavy atom. The molecule has 9 amide bonds. The molecular formula is C41H75N13O13. The van der Waals surface area contributed by atoms with E-state index < -0.39 is 138 Å². The number of amides is 9. The maximum Gasteiger partial charge on any atom is 0.325 e. The van der Waals surface area contributed by atoms with Crippen LogP contribution < -0.4 is 70.8 Å². The van der Waals surface area contributed by atoms with E-state index in [9.17, 15) is 63.0 Å². The molecule has 0 aromatic rings. The monoisotopic (exact) mass is 958 g/mol. The van der Waals surface area contributed by atoms with Crippen LogP contribution in [0.4, 0.5) is 0 Å². The van der Waals surface area contributed by atoms with Crippen LogP contribution in [0, 0.1) is 0 Å². The summed E-state index contributed by atoms with van der Waals surface area (Å²) in [5.74, 6) is -9.80. The molecule has 0 aromatic carbocycles. The number of unbranched alkanes of at least 4 members (excludes halogenated alkanes) is 3. The zero-order valence-electron chi connectivity index (χ0n) is 39.4. The van der Waals surface area contributed by atoms with Gasteiger partial charge in [0.25, 0.3) is 0 Å². The second kappa shape index (κ2) is 32.6. The summed E-state index contributed by atoms with van der Waals surface area (Å²) in [6, 6.07) is -12.3. The van der Waals surface area contributed by atoms with Crippen molar-refractivity contribution in [1.82, 2.24) is 47.9 Å². The average Bonchev–Trinajstić information content (AvgIpc) is 3.25. The lowest BCUT2D eigenvalue weighted by atomic mass is 10.1. The highest BCUT2D eigenvalue weighted by atomic mass is 16.4. The Morgan fingerprint density at radius 1 is 0.358 bits per heavy atom. The quantitative estimate of drug-likeness (QED) is 0.0269. The van der Waals surface area contributed by atoms with Crippen LogP contribution in [0.25, 0.3) is 0 Å². The van der Waals surface area contributed by atoms with Gasteiger partial charge < -0.3 is 81.0 Å². The molecule has 19 N–H and O–H groups in total. The molecule has 26 heteroatoms. The number of carboxylic acids is 2. The highest BCUT2D eigenvalue weighted by Crippen LogP contribution is 2.08. The molecule has 0 aliphatic rings. The SMILES string of the molecule is C[C@H](N)C(=O)N[C@@H](C)C(=O)N[C@@H](CCCCN)C(=O)N[C@@H](CCC(=O)O)C(=O)N[C@@H](C)C(=O)N[C@@H](C)C(=O)N[C@@H](CCCCN)C(=O)N[C@@H](C)C(=O)N[C@@H](CCCCN)C(=O)N[C@@H](C)C(=O)O. The first-order valence-electron chi connectivity index (χ1n) is 22.4. The number of carbonyl (C=O) groups excluding carboxylic acids is 9. The fourth-order valence-electron chi connectivity index (χ4n) is 5.93. The number of nitrogens with two attached hydrogens (primary N) is 4. The number of carboxylic acid groups (broad SMARTS) is 2. The molecule has 67 heavy (non-hydrogen) atoms. The number of hydrogen-bond donors (Lipinski definition) is 15. The van der Waals surface area contributed by atoms with Gasteiger partial charge in [0.05, 0.1) is 6.04 Å². The summed E-state index contributed by atoms with van der Waals surface area (Å²) in [6.45, 7) is 8.80. The summed E-state index contributed by atoms with van der Waals surface area (Å²) < 4.78 is 0. The molecule has 0 aromatic heterocycles. The van der Waals surface area contributed by atoms with Gasteiger partial charge in [-0.25, -0.2) is 0 Å². The van der Waals surface area contributed by atoms with Crippen molar-refractivity contribution in [3.8, 4) is 0 Å². The topological polar surface area (TPSA) is 441 Å². The summed E-state index contributed by atoms with van der Waals surface area (Å²) in [7, 11) is 0. The minimum Gasteiger partial charge on any atom is -0.481 e. The van der Waals surface area contributed by atoms with Gasteiger partial charge in [0.15, 0.2) is 0 Å². The van der Waals surface area contributed by atoms with E-state index in [1.54, 1.807) is 0 Å². The van der Waals surface area contributed by atoms with Gasteiger partial charge in [-0.15, -0.1) is 0 Å². The third kappa shape index (κ3) is 24.9. The maximum absolute atomic E-state index is 13.5. The lowest BCUT2D eigenvalue weighted by molar-refractivity contribution is -0.142. The largest absolute Gasteiger partial charge is 0.481 e. The second-order valence-electron chi connectivity index (χ2n) is 16.3. The Bertz CT molecular complexity index is 1690. The van der Waals surface area contributed by atoms with E-state index in [0.29, 0.717) is 45.1 Å². The van der Waals surface area contributed by atoms with Gasteiger partial charge in [-0.1, -0.05) is 0 Å². The third-order valence-corrected chi connectivity index (χ3v) is 10.2. The normalized spacial score (nSPS) is 15.4. The van der Waals surface area contributed by atoms with E-state index in [2.05, 4.69) is 47.9 Å². The lowest BCUT2D eigenvalue weighted by Gasteiger charge is -2.26. The van der Waals surface area contributed by atoms with Crippen molar-refractivity contribution in [1.29, 1.82) is 0 Å². The van der Waals surface area contributed by atoms with E-state index in [4.69, 9.17) is 22.9 Å². The molecule has 0 spiro atoms. The van der Waals surface area contributed by atoms with Gasteiger partial charge >= 0.3 is 11.9 Å². The van der Waals surface area contributed by atoms with Crippen LogP contribution in [-0.2, 0) is 52.7 Å². The van der Waals surface area contributed by atoms with E-state index >= 15 is 0 Å². The van der Waals surface area contributed by atoms with Crippen LogP contribution in [0.2, 0.25) is 0 Å². The van der Waals surface area contributed by atoms with Crippen molar-refractivity contribution in [2.24, 2.45) is 22.9 Å². The van der Waals surface area contributed by atoms with Crippen molar-refractivity contribution >= 4 is 65.1 Å². The smallest absolute Gasteiger partial charge is 0.325 e. The van der Waals surface area contributed by atoms with Crippen LogP contribution in [-0.4, -0.2) is 155 Å². The first-order chi connectivity index (χ1) is 31.4. The van der Waals surface area contributed by atoms with E-state index in [-0.39, 0.29) is 32.4 Å². The van der Waals surface area contributed by atoms with Crippen molar-refractivity contribution in [2.75, 3.05) is 19.6 Å². The number of hydrogen-bond acceptors (Lipinski definition) is 15. The molecule has 0 heterocycles. The van der Waals surface area contributed by atoms with Crippen molar-refractivity contribution in [3.63, 3.8) is 0 Å². The Morgan fingerprint density at radius 3 is 0.910 bits per heavy atom. The van der Waals surface area contributed by atoms with Crippen LogP contribution in [0.3, 0.4) is 0 Å². The zero-order valence-corrected chi connectivity index (χ0v) is 39.4. The first-order valence-corrected chi connectivity index (χ1v) is 22.4. The molecule has 0 aliphatic heterocycles. The minimum atomic E-state index is -1.51. The van der Waals surface area contributed by atoms with Gasteiger partial charge in [0, 0.05) is 6.42 Å². The first kappa shape index (κ1) is 61.0. The highest BCUT2D eigenvalue weighted by Gasteiger charge is 2.33. The highest BCUT2D eigenvalue weighted by molar-refractivity contribution is 5.98. The summed E-state index contributed by atoms with van der Waals surface area (Å²) in [5, 5.41) is 40.6. The fourth-order valence-corrected chi connectivity index (χ4v) is 5.93. The molecule has 0 bridgehead atoms. The van der Waals surface area contributed by atoms with Crippen LogP contribution in [0.15, 0.2) is 0 Å². The zero-order chi connectivity index (χ0) is 51.4. The van der Waals surface area contributed by atoms with E-state index in [1.807, 2.05) is 0 Å². The standard InChI is InChI=1S/C41H75N13O13/c1-21(45)32(57)46-23(3)34(59)53-29(15-9-12-20-44)40(65)54-30(16-17-31(55)56)39(64)48-22(2)33(58)47-24(4)35(60)51-27(13-7-10-18-42)37(62)49-25(5)36(61)52-28(14-8-11-19-43)38(63)50-26(6)41(66)67/h21-30H,7-20,42-45H2,1-6H3,(H,46,57)(H,47,58)(H,48,64)(H,49,62)(H,50,63)(H,51,60)(H,52,61)(H,53,59)(H,54,65)(H,55,56)(H,66,67)/t21-,22-,23-,24-,25-,26-,27-,28-,29-,30-/m0/s1. The predicted molar refractivity (Wildman–Crippen MR) is 243 cm³/mol. The number of rotatable bonds is 34. The summed E-state index contributed by atoms with van der Waals surface area (Å²) in [6.07, 6.45) is 1.89. The maximum atomic E-state index is 13.5. The van der Waals surface area contributed by atoms with Crippen LogP contribution in [0.1, 0.15) is 112 Å². The second-order valence-corrected chi connectivity index (χ2v) is 16.3. The molecule has 0 unspecified atom stereocenters. The number of carbonyl (C=O) groups is 11. The van der Waals surface area contributed by atoms with Gasteiger partial charge in [-0.2, -0.15) is 0 Å². The third-order valence-electron chi connectivity index (χ3n) is 10.2.